The number of carbonyl (C=O) groups is 1. The highest BCUT2D eigenvalue weighted by Gasteiger charge is 2.08. The van der Waals surface area contributed by atoms with Crippen LogP contribution in [0.5, 0.6) is 11.5 Å². The number of hydrogen-bond acceptors (Lipinski definition) is 4. The Hall–Kier alpha value is -3.08. The Kier molecular flexibility index (Phi) is 5.31. The molecule has 0 saturated heterocycles. The van der Waals surface area contributed by atoms with Crippen LogP contribution in [0.2, 0.25) is 0 Å². The minimum atomic E-state index is -0.478. The van der Waals surface area contributed by atoms with Crippen LogP contribution in [-0.4, -0.2) is 23.8 Å². The van der Waals surface area contributed by atoms with Gasteiger partial charge in [-0.1, -0.05) is 36.9 Å². The number of para-hydroxylation sites is 1. The molecular weight excluding hydrogens is 280 g/mol. The van der Waals surface area contributed by atoms with E-state index in [0.717, 1.165) is 5.56 Å². The number of benzene rings is 2. The summed E-state index contributed by atoms with van der Waals surface area (Å²) < 4.78 is 5.41. The highest BCUT2D eigenvalue weighted by Crippen LogP contribution is 2.15. The number of carbonyl (C=O) groups excluding carboxylic acids is 1. The Morgan fingerprint density at radius 3 is 2.86 bits per heavy atom. The van der Waals surface area contributed by atoms with Crippen LogP contribution < -0.4 is 10.2 Å². The molecule has 112 valence electrons. The summed E-state index contributed by atoms with van der Waals surface area (Å²) in [7, 11) is 0. The average molecular weight is 296 g/mol. The first-order valence-electron chi connectivity index (χ1n) is 6.66. The first-order chi connectivity index (χ1) is 10.7. The molecule has 2 aromatic rings. The molecule has 22 heavy (non-hydrogen) atoms. The molecule has 0 aliphatic carbocycles. The molecule has 0 radical (unpaired) electrons. The molecule has 0 aromatic heterocycles. The summed E-state index contributed by atoms with van der Waals surface area (Å²) in [5.74, 6) is 0.124. The highest BCUT2D eigenvalue weighted by atomic mass is 16.5. The second-order valence-electron chi connectivity index (χ2n) is 4.39. The van der Waals surface area contributed by atoms with E-state index >= 15 is 0 Å². The summed E-state index contributed by atoms with van der Waals surface area (Å²) in [4.78, 5) is 11.8. The molecule has 1 amide bonds. The fraction of sp³-hybridized carbons (Fsp3) is 0.0588. The molecule has 0 aliphatic rings. The number of amides is 1. The zero-order valence-corrected chi connectivity index (χ0v) is 11.9. The van der Waals surface area contributed by atoms with Gasteiger partial charge in [0.05, 0.1) is 11.8 Å². The maximum atomic E-state index is 11.8. The largest absolute Gasteiger partial charge is 0.507 e. The van der Waals surface area contributed by atoms with Gasteiger partial charge in [0.25, 0.3) is 5.91 Å². The van der Waals surface area contributed by atoms with Crippen molar-refractivity contribution in [2.45, 2.75) is 0 Å². The van der Waals surface area contributed by atoms with Crippen molar-refractivity contribution in [2.75, 3.05) is 6.61 Å². The summed E-state index contributed by atoms with van der Waals surface area (Å²) in [6.07, 6.45) is 3.16. The van der Waals surface area contributed by atoms with E-state index in [1.165, 1.54) is 18.3 Å². The fourth-order valence-electron chi connectivity index (χ4n) is 1.73. The van der Waals surface area contributed by atoms with E-state index < -0.39 is 5.91 Å². The predicted octanol–water partition coefficient (Wildman–Crippen LogP) is 2.72. The zero-order valence-electron chi connectivity index (χ0n) is 11.9. The van der Waals surface area contributed by atoms with Crippen molar-refractivity contribution in [3.63, 3.8) is 0 Å². The fourth-order valence-corrected chi connectivity index (χ4v) is 1.73. The first kappa shape index (κ1) is 15.3. The molecule has 5 nitrogen and oxygen atoms in total. The Bertz CT molecular complexity index is 696. The molecule has 0 atom stereocenters. The number of hydrogen-bond donors (Lipinski definition) is 2. The van der Waals surface area contributed by atoms with E-state index in [-0.39, 0.29) is 11.3 Å². The summed E-state index contributed by atoms with van der Waals surface area (Å²) in [5, 5.41) is 13.4. The lowest BCUT2D eigenvalue weighted by Gasteiger charge is -2.04. The normalized spacial score (nSPS) is 10.4. The van der Waals surface area contributed by atoms with Crippen molar-refractivity contribution < 1.29 is 14.6 Å². The Morgan fingerprint density at radius 2 is 2.09 bits per heavy atom. The highest BCUT2D eigenvalue weighted by molar-refractivity contribution is 5.97. The van der Waals surface area contributed by atoms with Crippen molar-refractivity contribution in [2.24, 2.45) is 5.10 Å². The van der Waals surface area contributed by atoms with Crippen LogP contribution in [-0.2, 0) is 0 Å². The van der Waals surface area contributed by atoms with E-state index in [1.807, 2.05) is 18.2 Å². The van der Waals surface area contributed by atoms with Crippen molar-refractivity contribution in [1.82, 2.24) is 5.43 Å². The molecule has 0 fully saturated rings. The van der Waals surface area contributed by atoms with Gasteiger partial charge in [-0.3, -0.25) is 4.79 Å². The van der Waals surface area contributed by atoms with Crippen molar-refractivity contribution in [1.29, 1.82) is 0 Å². The summed E-state index contributed by atoms with van der Waals surface area (Å²) >= 11 is 0. The number of ether oxygens (including phenoxy) is 1. The zero-order chi connectivity index (χ0) is 15.8. The van der Waals surface area contributed by atoms with Crippen LogP contribution in [0.15, 0.2) is 66.3 Å². The molecule has 0 heterocycles. The van der Waals surface area contributed by atoms with E-state index in [0.29, 0.717) is 12.4 Å². The van der Waals surface area contributed by atoms with Gasteiger partial charge in [0.2, 0.25) is 0 Å². The molecule has 0 bridgehead atoms. The Labute approximate surface area is 128 Å². The second-order valence-corrected chi connectivity index (χ2v) is 4.39. The molecule has 0 aliphatic heterocycles. The molecule has 0 spiro atoms. The molecule has 2 N–H and O–H groups in total. The third-order valence-electron chi connectivity index (χ3n) is 2.75. The third kappa shape index (κ3) is 4.21. The van der Waals surface area contributed by atoms with E-state index in [9.17, 15) is 9.90 Å². The van der Waals surface area contributed by atoms with Crippen LogP contribution >= 0.6 is 0 Å². The van der Waals surface area contributed by atoms with Crippen molar-refractivity contribution >= 4 is 12.1 Å². The maximum Gasteiger partial charge on any atom is 0.275 e. The van der Waals surface area contributed by atoms with Gasteiger partial charge < -0.3 is 9.84 Å². The topological polar surface area (TPSA) is 70.9 Å². The number of phenols is 1. The Morgan fingerprint density at radius 1 is 1.27 bits per heavy atom. The van der Waals surface area contributed by atoms with Gasteiger partial charge >= 0.3 is 0 Å². The summed E-state index contributed by atoms with van der Waals surface area (Å²) in [6, 6.07) is 13.5. The second kappa shape index (κ2) is 7.64. The quantitative estimate of drug-likeness (QED) is 0.489. The number of nitrogens with zero attached hydrogens (tertiary/aromatic N) is 1. The van der Waals surface area contributed by atoms with Crippen molar-refractivity contribution in [3.8, 4) is 11.5 Å². The van der Waals surface area contributed by atoms with Gasteiger partial charge in [0.1, 0.15) is 18.1 Å². The van der Waals surface area contributed by atoms with Gasteiger partial charge in [0.15, 0.2) is 0 Å². The lowest BCUT2D eigenvalue weighted by atomic mass is 10.2. The molecule has 5 heteroatoms. The van der Waals surface area contributed by atoms with Gasteiger partial charge in [-0.2, -0.15) is 5.10 Å². The predicted molar refractivity (Wildman–Crippen MR) is 85.3 cm³/mol. The molecule has 0 saturated carbocycles. The van der Waals surface area contributed by atoms with E-state index in [4.69, 9.17) is 4.74 Å². The SMILES string of the molecule is C=CCOc1cccc(/C=N/NC(=O)c2ccccc2O)c1. The van der Waals surface area contributed by atoms with Crippen LogP contribution in [0.1, 0.15) is 15.9 Å². The lowest BCUT2D eigenvalue weighted by molar-refractivity contribution is 0.0952. The van der Waals surface area contributed by atoms with Gasteiger partial charge in [0, 0.05) is 0 Å². The minimum absolute atomic E-state index is 0.0879. The number of hydrazone groups is 1. The summed E-state index contributed by atoms with van der Waals surface area (Å²) in [5.41, 5.74) is 3.31. The van der Waals surface area contributed by atoms with Crippen LogP contribution in [0.25, 0.3) is 0 Å². The van der Waals surface area contributed by atoms with Crippen LogP contribution in [0.4, 0.5) is 0 Å². The number of rotatable bonds is 6. The monoisotopic (exact) mass is 296 g/mol. The maximum absolute atomic E-state index is 11.8. The smallest absolute Gasteiger partial charge is 0.275 e. The molecular formula is C17H16N2O3. The minimum Gasteiger partial charge on any atom is -0.507 e. The number of aromatic hydroxyl groups is 1. The number of nitrogens with one attached hydrogen (secondary N) is 1. The van der Waals surface area contributed by atoms with Gasteiger partial charge in [-0.15, -0.1) is 0 Å². The summed E-state index contributed by atoms with van der Waals surface area (Å²) in [6.45, 7) is 4.01. The first-order valence-corrected chi connectivity index (χ1v) is 6.66. The van der Waals surface area contributed by atoms with Crippen LogP contribution in [0, 0.1) is 0 Å². The lowest BCUT2D eigenvalue weighted by Crippen LogP contribution is -2.17. The van der Waals surface area contributed by atoms with E-state index in [1.54, 1.807) is 24.3 Å². The number of phenolic OH excluding ortho intramolecular Hbond substituents is 1. The van der Waals surface area contributed by atoms with Crippen LogP contribution in [0.3, 0.4) is 0 Å². The molecule has 2 rings (SSSR count). The van der Waals surface area contributed by atoms with Gasteiger partial charge in [-0.05, 0) is 29.8 Å². The molecule has 2 aromatic carbocycles. The van der Waals surface area contributed by atoms with E-state index in [2.05, 4.69) is 17.1 Å². The van der Waals surface area contributed by atoms with Gasteiger partial charge in [-0.25, -0.2) is 5.43 Å². The Balaban J connectivity index is 1.99. The third-order valence-corrected chi connectivity index (χ3v) is 2.75. The van der Waals surface area contributed by atoms with Crippen molar-refractivity contribution in [3.05, 3.63) is 72.3 Å². The molecule has 0 unspecified atom stereocenters. The standard InChI is InChI=1S/C17H16N2O3/c1-2-10-22-14-7-5-6-13(11-14)12-18-19-17(21)15-8-3-4-9-16(15)20/h2-9,11-12,20H,1,10H2,(H,19,21)/b18-12+. The average Bonchev–Trinajstić information content (AvgIpc) is 2.53.